The molecule has 1 unspecified atom stereocenters. The molecule has 0 saturated carbocycles. The summed E-state index contributed by atoms with van der Waals surface area (Å²) in [6.45, 7) is 2.01. The highest BCUT2D eigenvalue weighted by Gasteiger charge is 2.42. The standard InChI is InChI=1S/C18H19N3O/c1-11-15-4-2-3-5-17(15)20-18(16(11)10-19)21-12-6-7-13(21)9-14(22)8-12/h2-5,12-14,22H,6-9H2,1H3/t12-,13+,14?. The van der Waals surface area contributed by atoms with E-state index in [0.29, 0.717) is 17.6 Å². The van der Waals surface area contributed by atoms with Crippen molar-refractivity contribution in [2.24, 2.45) is 0 Å². The molecule has 3 atom stereocenters. The van der Waals surface area contributed by atoms with Gasteiger partial charge in [0.05, 0.1) is 17.2 Å². The van der Waals surface area contributed by atoms with Crippen molar-refractivity contribution in [3.8, 4) is 6.07 Å². The maximum Gasteiger partial charge on any atom is 0.148 e. The van der Waals surface area contributed by atoms with Crippen molar-refractivity contribution < 1.29 is 5.11 Å². The fourth-order valence-electron chi connectivity index (χ4n) is 4.18. The summed E-state index contributed by atoms with van der Waals surface area (Å²) in [5.41, 5.74) is 2.64. The van der Waals surface area contributed by atoms with Gasteiger partial charge >= 0.3 is 0 Å². The van der Waals surface area contributed by atoms with Gasteiger partial charge in [0.1, 0.15) is 11.9 Å². The quantitative estimate of drug-likeness (QED) is 0.878. The van der Waals surface area contributed by atoms with Gasteiger partial charge in [0, 0.05) is 17.5 Å². The monoisotopic (exact) mass is 293 g/mol. The lowest BCUT2D eigenvalue weighted by molar-refractivity contribution is 0.126. The van der Waals surface area contributed by atoms with Crippen LogP contribution in [0, 0.1) is 18.3 Å². The van der Waals surface area contributed by atoms with Crippen LogP contribution >= 0.6 is 0 Å². The van der Waals surface area contributed by atoms with E-state index in [4.69, 9.17) is 4.98 Å². The number of nitriles is 1. The summed E-state index contributed by atoms with van der Waals surface area (Å²) >= 11 is 0. The average molecular weight is 293 g/mol. The zero-order chi connectivity index (χ0) is 15.3. The molecule has 22 heavy (non-hydrogen) atoms. The zero-order valence-electron chi connectivity index (χ0n) is 12.7. The Hall–Kier alpha value is -2.12. The summed E-state index contributed by atoms with van der Waals surface area (Å²) in [5.74, 6) is 0.818. The molecule has 2 aliphatic rings. The highest BCUT2D eigenvalue weighted by molar-refractivity contribution is 5.87. The number of aliphatic hydroxyl groups is 1. The third-order valence-electron chi connectivity index (χ3n) is 5.20. The number of rotatable bonds is 1. The highest BCUT2D eigenvalue weighted by atomic mass is 16.3. The predicted molar refractivity (Wildman–Crippen MR) is 85.7 cm³/mol. The van der Waals surface area contributed by atoms with E-state index in [1.54, 1.807) is 0 Å². The van der Waals surface area contributed by atoms with Gasteiger partial charge in [0.25, 0.3) is 0 Å². The van der Waals surface area contributed by atoms with Crippen LogP contribution in [-0.4, -0.2) is 28.3 Å². The highest BCUT2D eigenvalue weighted by Crippen LogP contribution is 2.41. The molecule has 112 valence electrons. The first-order valence-corrected chi connectivity index (χ1v) is 7.95. The minimum absolute atomic E-state index is 0.208. The van der Waals surface area contributed by atoms with Gasteiger partial charge in [-0.1, -0.05) is 18.2 Å². The molecule has 2 fully saturated rings. The van der Waals surface area contributed by atoms with Crippen molar-refractivity contribution in [2.75, 3.05) is 4.90 Å². The second-order valence-electron chi connectivity index (χ2n) is 6.48. The molecule has 0 spiro atoms. The lowest BCUT2D eigenvalue weighted by Crippen LogP contribution is -2.45. The van der Waals surface area contributed by atoms with Crippen molar-refractivity contribution in [3.05, 3.63) is 35.4 Å². The Morgan fingerprint density at radius 2 is 1.91 bits per heavy atom. The van der Waals surface area contributed by atoms with Crippen molar-refractivity contribution in [1.82, 2.24) is 4.98 Å². The Morgan fingerprint density at radius 3 is 2.59 bits per heavy atom. The Kier molecular flexibility index (Phi) is 3.05. The van der Waals surface area contributed by atoms with E-state index >= 15 is 0 Å². The van der Waals surface area contributed by atoms with Crippen LogP contribution in [0.15, 0.2) is 24.3 Å². The number of aromatic nitrogens is 1. The normalized spacial score (nSPS) is 27.1. The molecule has 4 nitrogen and oxygen atoms in total. The van der Waals surface area contributed by atoms with E-state index < -0.39 is 0 Å². The van der Waals surface area contributed by atoms with Crippen molar-refractivity contribution >= 4 is 16.7 Å². The first kappa shape index (κ1) is 13.5. The van der Waals surface area contributed by atoms with E-state index in [1.807, 2.05) is 31.2 Å². The molecular weight excluding hydrogens is 274 g/mol. The van der Waals surface area contributed by atoms with Crippen LogP contribution in [0.4, 0.5) is 5.82 Å². The Balaban J connectivity index is 1.90. The molecule has 0 aliphatic carbocycles. The number of hydrogen-bond acceptors (Lipinski definition) is 4. The van der Waals surface area contributed by atoms with Crippen LogP contribution in [0.3, 0.4) is 0 Å². The molecule has 4 rings (SSSR count). The largest absolute Gasteiger partial charge is 0.393 e. The number of fused-ring (bicyclic) bond motifs is 3. The molecule has 2 bridgehead atoms. The first-order chi connectivity index (χ1) is 10.7. The second-order valence-corrected chi connectivity index (χ2v) is 6.48. The summed E-state index contributed by atoms with van der Waals surface area (Å²) < 4.78 is 0. The molecule has 2 aromatic rings. The maximum atomic E-state index is 10.00. The topological polar surface area (TPSA) is 60.2 Å². The Labute approximate surface area is 130 Å². The fraction of sp³-hybridized carbons (Fsp3) is 0.444. The molecule has 0 amide bonds. The van der Waals surface area contributed by atoms with Crippen LogP contribution < -0.4 is 4.90 Å². The number of aryl methyl sites for hydroxylation is 1. The SMILES string of the molecule is Cc1c(C#N)c(N2[C@@H]3CC[C@H]2CC(O)C3)nc2ccccc12. The summed E-state index contributed by atoms with van der Waals surface area (Å²) in [6.07, 6.45) is 3.53. The number of hydrogen-bond donors (Lipinski definition) is 1. The van der Waals surface area contributed by atoms with E-state index in [0.717, 1.165) is 48.0 Å². The van der Waals surface area contributed by atoms with Gasteiger partial charge in [-0.2, -0.15) is 5.26 Å². The number of para-hydroxylation sites is 1. The summed E-state index contributed by atoms with van der Waals surface area (Å²) in [7, 11) is 0. The van der Waals surface area contributed by atoms with Crippen molar-refractivity contribution in [2.45, 2.75) is 50.8 Å². The molecule has 4 heteroatoms. The van der Waals surface area contributed by atoms with E-state index in [-0.39, 0.29) is 6.10 Å². The van der Waals surface area contributed by atoms with Crippen LogP contribution in [-0.2, 0) is 0 Å². The van der Waals surface area contributed by atoms with E-state index in [1.165, 1.54) is 0 Å². The predicted octanol–water partition coefficient (Wildman–Crippen LogP) is 2.91. The third-order valence-corrected chi connectivity index (χ3v) is 5.20. The van der Waals surface area contributed by atoms with Gasteiger partial charge in [-0.3, -0.25) is 0 Å². The van der Waals surface area contributed by atoms with Crippen molar-refractivity contribution in [1.29, 1.82) is 5.26 Å². The Bertz CT molecular complexity index is 766. The molecule has 0 radical (unpaired) electrons. The summed E-state index contributed by atoms with van der Waals surface area (Å²) in [5, 5.41) is 20.7. The van der Waals surface area contributed by atoms with E-state index in [2.05, 4.69) is 11.0 Å². The number of aliphatic hydroxyl groups excluding tert-OH is 1. The lowest BCUT2D eigenvalue weighted by atomic mass is 9.97. The first-order valence-electron chi connectivity index (χ1n) is 7.95. The molecule has 2 aliphatic heterocycles. The van der Waals surface area contributed by atoms with Crippen LogP contribution in [0.2, 0.25) is 0 Å². The molecule has 3 heterocycles. The fourth-order valence-corrected chi connectivity index (χ4v) is 4.18. The number of piperidine rings is 1. The summed E-state index contributed by atoms with van der Waals surface area (Å²) in [6, 6.07) is 11.0. The molecular formula is C18H19N3O. The maximum absolute atomic E-state index is 10.00. The van der Waals surface area contributed by atoms with Crippen LogP contribution in [0.5, 0.6) is 0 Å². The Morgan fingerprint density at radius 1 is 1.23 bits per heavy atom. The smallest absolute Gasteiger partial charge is 0.148 e. The second kappa shape index (κ2) is 4.96. The zero-order valence-corrected chi connectivity index (χ0v) is 12.7. The average Bonchev–Trinajstić information content (AvgIpc) is 2.79. The number of anilines is 1. The minimum atomic E-state index is -0.208. The van der Waals surface area contributed by atoms with Crippen LogP contribution in [0.25, 0.3) is 10.9 Å². The number of nitrogens with zero attached hydrogens (tertiary/aromatic N) is 3. The molecule has 1 N–H and O–H groups in total. The minimum Gasteiger partial charge on any atom is -0.393 e. The molecule has 1 aromatic heterocycles. The van der Waals surface area contributed by atoms with Crippen LogP contribution in [0.1, 0.15) is 36.8 Å². The number of benzene rings is 1. The van der Waals surface area contributed by atoms with Gasteiger partial charge in [-0.05, 0) is 44.2 Å². The van der Waals surface area contributed by atoms with Gasteiger partial charge < -0.3 is 10.0 Å². The van der Waals surface area contributed by atoms with Gasteiger partial charge in [-0.25, -0.2) is 4.98 Å². The number of pyridine rings is 1. The molecule has 2 saturated heterocycles. The lowest BCUT2D eigenvalue weighted by Gasteiger charge is -2.38. The van der Waals surface area contributed by atoms with Gasteiger partial charge in [0.2, 0.25) is 0 Å². The molecule has 1 aromatic carbocycles. The van der Waals surface area contributed by atoms with Gasteiger partial charge in [0.15, 0.2) is 0 Å². The third kappa shape index (κ3) is 1.89. The van der Waals surface area contributed by atoms with E-state index in [9.17, 15) is 10.4 Å². The van der Waals surface area contributed by atoms with Crippen molar-refractivity contribution in [3.63, 3.8) is 0 Å². The van der Waals surface area contributed by atoms with Gasteiger partial charge in [-0.15, -0.1) is 0 Å². The summed E-state index contributed by atoms with van der Waals surface area (Å²) in [4.78, 5) is 7.13.